The molecule has 3 rings (SSSR count). The van der Waals surface area contributed by atoms with Crippen molar-refractivity contribution in [3.05, 3.63) is 65.2 Å². The van der Waals surface area contributed by atoms with Crippen molar-refractivity contribution >= 4 is 11.8 Å². The lowest BCUT2D eigenvalue weighted by Gasteiger charge is -2.12. The number of amides is 2. The lowest BCUT2D eigenvalue weighted by molar-refractivity contribution is 0.0937. The molecular formula is C20H22FN3O2. The summed E-state index contributed by atoms with van der Waals surface area (Å²) in [6.45, 7) is 0.407. The van der Waals surface area contributed by atoms with Gasteiger partial charge in [-0.05, 0) is 49.1 Å². The molecule has 136 valence electrons. The topological polar surface area (TPSA) is 71.1 Å². The number of carbonyl (C=O) groups excluding carboxylic acids is 2. The van der Waals surface area contributed by atoms with Gasteiger partial charge in [-0.25, -0.2) is 4.39 Å². The summed E-state index contributed by atoms with van der Waals surface area (Å²) in [6, 6.07) is 9.51. The molecule has 2 aromatic rings. The number of pyridine rings is 1. The van der Waals surface area contributed by atoms with Crippen molar-refractivity contribution in [3.8, 4) is 0 Å². The molecule has 0 unspecified atom stereocenters. The minimum absolute atomic E-state index is 0.167. The smallest absolute Gasteiger partial charge is 0.269 e. The maximum absolute atomic E-state index is 12.9. The van der Waals surface area contributed by atoms with Crippen LogP contribution in [0.1, 0.15) is 52.1 Å². The van der Waals surface area contributed by atoms with E-state index in [1.54, 1.807) is 18.2 Å². The van der Waals surface area contributed by atoms with Gasteiger partial charge in [-0.3, -0.25) is 14.6 Å². The van der Waals surface area contributed by atoms with Gasteiger partial charge in [0.05, 0.1) is 0 Å². The Hall–Kier alpha value is -2.76. The highest BCUT2D eigenvalue weighted by Crippen LogP contribution is 2.18. The molecular weight excluding hydrogens is 333 g/mol. The number of benzene rings is 1. The number of hydrogen-bond donors (Lipinski definition) is 2. The first-order valence-corrected chi connectivity index (χ1v) is 8.91. The normalized spacial score (nSPS) is 14.2. The van der Waals surface area contributed by atoms with Gasteiger partial charge >= 0.3 is 0 Å². The van der Waals surface area contributed by atoms with Gasteiger partial charge in [-0.15, -0.1) is 0 Å². The fourth-order valence-electron chi connectivity index (χ4n) is 3.10. The summed E-state index contributed by atoms with van der Waals surface area (Å²) >= 11 is 0. The Morgan fingerprint density at radius 1 is 1.08 bits per heavy atom. The Kier molecular flexibility index (Phi) is 5.94. The fourth-order valence-corrected chi connectivity index (χ4v) is 3.10. The third kappa shape index (κ3) is 4.88. The molecule has 5 nitrogen and oxygen atoms in total. The molecule has 1 aliphatic carbocycles. The van der Waals surface area contributed by atoms with Gasteiger partial charge in [-0.1, -0.05) is 25.0 Å². The second kappa shape index (κ2) is 8.56. The maximum atomic E-state index is 12.9. The summed E-state index contributed by atoms with van der Waals surface area (Å²) in [4.78, 5) is 28.6. The third-order valence-corrected chi connectivity index (χ3v) is 4.56. The molecule has 26 heavy (non-hydrogen) atoms. The van der Waals surface area contributed by atoms with Gasteiger partial charge in [0.2, 0.25) is 0 Å². The van der Waals surface area contributed by atoms with Crippen molar-refractivity contribution in [1.29, 1.82) is 0 Å². The molecule has 0 spiro atoms. The number of halogens is 1. The first kappa shape index (κ1) is 18.0. The van der Waals surface area contributed by atoms with E-state index in [4.69, 9.17) is 0 Å². The van der Waals surface area contributed by atoms with E-state index in [9.17, 15) is 14.0 Å². The summed E-state index contributed by atoms with van der Waals surface area (Å²) in [7, 11) is 0. The van der Waals surface area contributed by atoms with Crippen LogP contribution in [0.5, 0.6) is 0 Å². The highest BCUT2D eigenvalue weighted by molar-refractivity contribution is 5.98. The summed E-state index contributed by atoms with van der Waals surface area (Å²) in [5.74, 6) is -0.781. The molecule has 6 heteroatoms. The predicted octanol–water partition coefficient (Wildman–Crippen LogP) is 2.87. The second-order valence-electron chi connectivity index (χ2n) is 6.52. The standard InChI is InChI=1S/C20H22FN3O2/c21-16-7-5-14(6-8-16)9-11-23-20(26)18-13-15(10-12-22-18)19(25)24-17-3-1-2-4-17/h5-8,10,12-13,17H,1-4,9,11H2,(H,23,26)(H,24,25). The van der Waals surface area contributed by atoms with E-state index in [-0.39, 0.29) is 29.4 Å². The Balaban J connectivity index is 1.53. The van der Waals surface area contributed by atoms with Gasteiger partial charge in [0.15, 0.2) is 0 Å². The predicted molar refractivity (Wildman–Crippen MR) is 96.4 cm³/mol. The molecule has 1 heterocycles. The highest BCUT2D eigenvalue weighted by atomic mass is 19.1. The second-order valence-corrected chi connectivity index (χ2v) is 6.52. The molecule has 1 fully saturated rings. The summed E-state index contributed by atoms with van der Waals surface area (Å²) in [5.41, 5.74) is 1.59. The molecule has 0 atom stereocenters. The van der Waals surface area contributed by atoms with Crippen LogP contribution in [0.4, 0.5) is 4.39 Å². The molecule has 1 saturated carbocycles. The highest BCUT2D eigenvalue weighted by Gasteiger charge is 2.19. The molecule has 0 radical (unpaired) electrons. The Morgan fingerprint density at radius 2 is 1.81 bits per heavy atom. The van der Waals surface area contributed by atoms with E-state index in [1.165, 1.54) is 24.4 Å². The molecule has 1 aliphatic rings. The van der Waals surface area contributed by atoms with Gasteiger partial charge in [0.1, 0.15) is 11.5 Å². The third-order valence-electron chi connectivity index (χ3n) is 4.56. The van der Waals surface area contributed by atoms with Crippen LogP contribution in [0.15, 0.2) is 42.6 Å². The monoisotopic (exact) mass is 355 g/mol. The van der Waals surface area contributed by atoms with Crippen molar-refractivity contribution in [3.63, 3.8) is 0 Å². The quantitative estimate of drug-likeness (QED) is 0.837. The van der Waals surface area contributed by atoms with Crippen LogP contribution in [0.3, 0.4) is 0 Å². The number of nitrogens with one attached hydrogen (secondary N) is 2. The van der Waals surface area contributed by atoms with Gasteiger partial charge in [0.25, 0.3) is 11.8 Å². The lowest BCUT2D eigenvalue weighted by atomic mass is 10.1. The zero-order chi connectivity index (χ0) is 18.4. The van der Waals surface area contributed by atoms with Crippen molar-refractivity contribution < 1.29 is 14.0 Å². The Bertz CT molecular complexity index is 771. The van der Waals surface area contributed by atoms with E-state index in [0.717, 1.165) is 31.2 Å². The average Bonchev–Trinajstić information content (AvgIpc) is 3.16. The van der Waals surface area contributed by atoms with Crippen LogP contribution in [0.2, 0.25) is 0 Å². The summed E-state index contributed by atoms with van der Waals surface area (Å²) in [6.07, 6.45) is 6.36. The summed E-state index contributed by atoms with van der Waals surface area (Å²) < 4.78 is 12.9. The van der Waals surface area contributed by atoms with Crippen LogP contribution in [0, 0.1) is 5.82 Å². The summed E-state index contributed by atoms with van der Waals surface area (Å²) in [5, 5.41) is 5.78. The lowest BCUT2D eigenvalue weighted by Crippen LogP contribution is -2.33. The van der Waals surface area contributed by atoms with Crippen molar-refractivity contribution in [1.82, 2.24) is 15.6 Å². The zero-order valence-corrected chi connectivity index (χ0v) is 14.5. The number of nitrogens with zero attached hydrogens (tertiary/aromatic N) is 1. The van der Waals surface area contributed by atoms with Gasteiger partial charge < -0.3 is 10.6 Å². The molecule has 0 aliphatic heterocycles. The largest absolute Gasteiger partial charge is 0.350 e. The first-order chi connectivity index (χ1) is 12.6. The molecule has 1 aromatic carbocycles. The van der Waals surface area contributed by atoms with Crippen LogP contribution >= 0.6 is 0 Å². The number of hydrogen-bond acceptors (Lipinski definition) is 3. The van der Waals surface area contributed by atoms with E-state index in [1.807, 2.05) is 0 Å². The van der Waals surface area contributed by atoms with Gasteiger partial charge in [-0.2, -0.15) is 0 Å². The van der Waals surface area contributed by atoms with Crippen molar-refractivity contribution in [2.75, 3.05) is 6.54 Å². The van der Waals surface area contributed by atoms with E-state index >= 15 is 0 Å². The molecule has 2 N–H and O–H groups in total. The van der Waals surface area contributed by atoms with Crippen molar-refractivity contribution in [2.24, 2.45) is 0 Å². The van der Waals surface area contributed by atoms with Crippen molar-refractivity contribution in [2.45, 2.75) is 38.1 Å². The maximum Gasteiger partial charge on any atom is 0.269 e. The van der Waals surface area contributed by atoms with E-state index in [0.29, 0.717) is 18.5 Å². The Labute approximate surface area is 152 Å². The van der Waals surface area contributed by atoms with Crippen LogP contribution in [0.25, 0.3) is 0 Å². The van der Waals surface area contributed by atoms with Gasteiger partial charge in [0, 0.05) is 24.3 Å². The first-order valence-electron chi connectivity index (χ1n) is 8.91. The molecule has 0 bridgehead atoms. The minimum atomic E-state index is -0.331. The number of rotatable bonds is 6. The SMILES string of the molecule is O=C(NC1CCCC1)c1ccnc(C(=O)NCCc2ccc(F)cc2)c1. The fraction of sp³-hybridized carbons (Fsp3) is 0.350. The number of aromatic nitrogens is 1. The van der Waals surface area contributed by atoms with Crippen LogP contribution in [-0.2, 0) is 6.42 Å². The number of carbonyl (C=O) groups is 2. The van der Waals surface area contributed by atoms with E-state index < -0.39 is 0 Å². The average molecular weight is 355 g/mol. The minimum Gasteiger partial charge on any atom is -0.350 e. The zero-order valence-electron chi connectivity index (χ0n) is 14.5. The molecule has 2 amide bonds. The molecule has 1 aromatic heterocycles. The van der Waals surface area contributed by atoms with Crippen LogP contribution < -0.4 is 10.6 Å². The Morgan fingerprint density at radius 3 is 2.54 bits per heavy atom. The van der Waals surface area contributed by atoms with Crippen LogP contribution in [-0.4, -0.2) is 29.4 Å². The molecule has 0 saturated heterocycles. The van der Waals surface area contributed by atoms with E-state index in [2.05, 4.69) is 15.6 Å².